The minimum atomic E-state index is -0.368. The number of aryl methyl sites for hydroxylation is 2. The van der Waals surface area contributed by atoms with Crippen molar-refractivity contribution in [1.29, 1.82) is 0 Å². The number of amides is 1. The molecule has 1 atom stereocenters. The van der Waals surface area contributed by atoms with Gasteiger partial charge in [-0.25, -0.2) is 4.98 Å². The van der Waals surface area contributed by atoms with Crippen molar-refractivity contribution in [2.45, 2.75) is 33.1 Å². The molecule has 0 saturated carbocycles. The molecule has 0 aliphatic carbocycles. The van der Waals surface area contributed by atoms with Gasteiger partial charge in [-0.15, -0.1) is 0 Å². The molecule has 1 amide bonds. The van der Waals surface area contributed by atoms with E-state index in [1.54, 1.807) is 18.9 Å². The first-order valence-corrected chi connectivity index (χ1v) is 10.0. The summed E-state index contributed by atoms with van der Waals surface area (Å²) >= 11 is 0. The van der Waals surface area contributed by atoms with E-state index >= 15 is 0 Å². The number of hydrogen-bond donors (Lipinski definition) is 1. The van der Waals surface area contributed by atoms with Crippen LogP contribution in [0.15, 0.2) is 35.3 Å². The summed E-state index contributed by atoms with van der Waals surface area (Å²) in [6.07, 6.45) is 4.69. The highest BCUT2D eigenvalue weighted by Gasteiger charge is 2.24. The fraction of sp³-hybridized carbons (Fsp3) is 0.500. The predicted molar refractivity (Wildman–Crippen MR) is 111 cm³/mol. The van der Waals surface area contributed by atoms with E-state index in [9.17, 15) is 9.59 Å². The second kappa shape index (κ2) is 9.15. The Balaban J connectivity index is 1.54. The zero-order chi connectivity index (χ0) is 20.1. The molecule has 2 aromatic rings. The highest BCUT2D eigenvalue weighted by atomic mass is 16.2. The second-order valence-electron chi connectivity index (χ2n) is 7.88. The van der Waals surface area contributed by atoms with Crippen molar-refractivity contribution in [2.24, 2.45) is 5.92 Å². The molecule has 0 bridgehead atoms. The van der Waals surface area contributed by atoms with Gasteiger partial charge in [0, 0.05) is 32.9 Å². The van der Waals surface area contributed by atoms with E-state index in [1.807, 2.05) is 0 Å². The second-order valence-corrected chi connectivity index (χ2v) is 7.88. The quantitative estimate of drug-likeness (QED) is 0.833. The van der Waals surface area contributed by atoms with Gasteiger partial charge in [-0.05, 0) is 56.7 Å². The molecule has 6 heteroatoms. The number of carbonyl (C=O) groups excluding carboxylic acids is 1. The van der Waals surface area contributed by atoms with Crippen LogP contribution in [0.2, 0.25) is 0 Å². The molecule has 1 fully saturated rings. The van der Waals surface area contributed by atoms with Gasteiger partial charge in [-0.1, -0.05) is 24.3 Å². The molecule has 0 radical (unpaired) electrons. The molecule has 6 nitrogen and oxygen atoms in total. The first-order valence-electron chi connectivity index (χ1n) is 10.0. The molecule has 2 heterocycles. The minimum absolute atomic E-state index is 0.111. The van der Waals surface area contributed by atoms with Crippen LogP contribution in [-0.2, 0) is 6.42 Å². The molecule has 1 aromatic carbocycles. The Morgan fingerprint density at radius 1 is 1.32 bits per heavy atom. The molecule has 1 aromatic heterocycles. The summed E-state index contributed by atoms with van der Waals surface area (Å²) in [7, 11) is 1.77. The molecule has 3 rings (SSSR count). The molecule has 1 N–H and O–H groups in total. The summed E-state index contributed by atoms with van der Waals surface area (Å²) in [5, 5.41) is 0. The maximum Gasteiger partial charge on any atom is 0.263 e. The first-order chi connectivity index (χ1) is 13.4. The van der Waals surface area contributed by atoms with Crippen LogP contribution in [0.4, 0.5) is 0 Å². The SMILES string of the molecule is Cc1ncc(C(=O)N(C)CC2CCCN(CCc3ccccc3C)C2)c(=O)[nH]1. The van der Waals surface area contributed by atoms with Crippen LogP contribution in [0.5, 0.6) is 0 Å². The monoisotopic (exact) mass is 382 g/mol. The molecule has 1 unspecified atom stereocenters. The van der Waals surface area contributed by atoms with Gasteiger partial charge in [0.1, 0.15) is 11.4 Å². The fourth-order valence-corrected chi connectivity index (χ4v) is 3.98. The average Bonchev–Trinajstić information content (AvgIpc) is 2.67. The normalized spacial score (nSPS) is 17.5. The van der Waals surface area contributed by atoms with Crippen LogP contribution in [0.3, 0.4) is 0 Å². The smallest absolute Gasteiger partial charge is 0.263 e. The Kier molecular flexibility index (Phi) is 6.62. The van der Waals surface area contributed by atoms with Gasteiger partial charge in [0.15, 0.2) is 0 Å². The lowest BCUT2D eigenvalue weighted by atomic mass is 9.96. The summed E-state index contributed by atoms with van der Waals surface area (Å²) in [6.45, 7) is 7.67. The number of H-pyrrole nitrogens is 1. The molecule has 1 saturated heterocycles. The van der Waals surface area contributed by atoms with Crippen LogP contribution in [0.25, 0.3) is 0 Å². The lowest BCUT2D eigenvalue weighted by Gasteiger charge is -2.34. The van der Waals surface area contributed by atoms with E-state index in [0.29, 0.717) is 18.3 Å². The van der Waals surface area contributed by atoms with E-state index < -0.39 is 0 Å². The third kappa shape index (κ3) is 5.07. The summed E-state index contributed by atoms with van der Waals surface area (Å²) in [5.41, 5.74) is 2.49. The maximum absolute atomic E-state index is 12.6. The van der Waals surface area contributed by atoms with Crippen molar-refractivity contribution in [1.82, 2.24) is 19.8 Å². The Labute approximate surface area is 166 Å². The number of benzene rings is 1. The number of likely N-dealkylation sites (tertiary alicyclic amines) is 1. The third-order valence-corrected chi connectivity index (χ3v) is 5.60. The third-order valence-electron chi connectivity index (χ3n) is 5.60. The highest BCUT2D eigenvalue weighted by Crippen LogP contribution is 2.19. The largest absolute Gasteiger partial charge is 0.341 e. The van der Waals surface area contributed by atoms with Crippen LogP contribution in [0.1, 0.15) is 40.2 Å². The van der Waals surface area contributed by atoms with Crippen LogP contribution in [-0.4, -0.2) is 58.9 Å². The predicted octanol–water partition coefficient (Wildman–Crippen LogP) is 2.41. The van der Waals surface area contributed by atoms with Crippen LogP contribution < -0.4 is 5.56 Å². The summed E-state index contributed by atoms with van der Waals surface area (Å²) in [5.74, 6) is 0.684. The molecular weight excluding hydrogens is 352 g/mol. The van der Waals surface area contributed by atoms with Gasteiger partial charge in [-0.2, -0.15) is 0 Å². The standard InChI is InChI=1S/C22H30N4O2/c1-16-7-4-5-9-19(16)10-12-26-11-6-8-18(15-26)14-25(3)22(28)20-13-23-17(2)24-21(20)27/h4-5,7,9,13,18H,6,8,10-12,14-15H2,1-3H3,(H,23,24,27). The number of piperidine rings is 1. The molecule has 150 valence electrons. The first kappa shape index (κ1) is 20.3. The van der Waals surface area contributed by atoms with Crippen molar-refractivity contribution in [2.75, 3.05) is 33.2 Å². The van der Waals surface area contributed by atoms with E-state index in [2.05, 4.69) is 46.1 Å². The van der Waals surface area contributed by atoms with Gasteiger partial charge < -0.3 is 14.8 Å². The molecular formula is C22H30N4O2. The van der Waals surface area contributed by atoms with Gasteiger partial charge in [0.2, 0.25) is 0 Å². The number of aromatic nitrogens is 2. The van der Waals surface area contributed by atoms with Crippen molar-refractivity contribution in [3.8, 4) is 0 Å². The Bertz CT molecular complexity index is 877. The zero-order valence-corrected chi connectivity index (χ0v) is 17.1. The number of hydrogen-bond acceptors (Lipinski definition) is 4. The van der Waals surface area contributed by atoms with Crippen LogP contribution >= 0.6 is 0 Å². The summed E-state index contributed by atoms with van der Waals surface area (Å²) < 4.78 is 0. The minimum Gasteiger partial charge on any atom is -0.341 e. The van der Waals surface area contributed by atoms with E-state index in [1.165, 1.54) is 17.3 Å². The number of carbonyl (C=O) groups is 1. The number of aromatic amines is 1. The molecule has 28 heavy (non-hydrogen) atoms. The van der Waals surface area contributed by atoms with E-state index in [0.717, 1.165) is 38.9 Å². The van der Waals surface area contributed by atoms with Gasteiger partial charge >= 0.3 is 0 Å². The van der Waals surface area contributed by atoms with Gasteiger partial charge in [0.25, 0.3) is 11.5 Å². The lowest BCUT2D eigenvalue weighted by Crippen LogP contribution is -2.43. The van der Waals surface area contributed by atoms with E-state index in [4.69, 9.17) is 0 Å². The average molecular weight is 383 g/mol. The topological polar surface area (TPSA) is 69.3 Å². The summed E-state index contributed by atoms with van der Waals surface area (Å²) in [4.78, 5) is 35.5. The highest BCUT2D eigenvalue weighted by molar-refractivity contribution is 5.93. The van der Waals surface area contributed by atoms with Crippen molar-refractivity contribution in [3.05, 3.63) is 63.3 Å². The van der Waals surface area contributed by atoms with Crippen molar-refractivity contribution < 1.29 is 4.79 Å². The Hall–Kier alpha value is -2.47. The lowest BCUT2D eigenvalue weighted by molar-refractivity contribution is 0.0728. The Morgan fingerprint density at radius 2 is 2.11 bits per heavy atom. The molecule has 0 spiro atoms. The summed E-state index contributed by atoms with van der Waals surface area (Å²) in [6, 6.07) is 8.55. The van der Waals surface area contributed by atoms with Crippen molar-refractivity contribution in [3.63, 3.8) is 0 Å². The molecule has 1 aliphatic rings. The Morgan fingerprint density at radius 3 is 2.86 bits per heavy atom. The molecule has 1 aliphatic heterocycles. The fourth-order valence-electron chi connectivity index (χ4n) is 3.98. The van der Waals surface area contributed by atoms with Gasteiger partial charge in [0.05, 0.1) is 0 Å². The van der Waals surface area contributed by atoms with Crippen molar-refractivity contribution >= 4 is 5.91 Å². The van der Waals surface area contributed by atoms with Gasteiger partial charge in [-0.3, -0.25) is 9.59 Å². The van der Waals surface area contributed by atoms with E-state index in [-0.39, 0.29) is 17.0 Å². The number of nitrogens with zero attached hydrogens (tertiary/aromatic N) is 3. The van der Waals surface area contributed by atoms with Crippen LogP contribution in [0, 0.1) is 19.8 Å². The maximum atomic E-state index is 12.6. The number of rotatable bonds is 6. The zero-order valence-electron chi connectivity index (χ0n) is 17.1. The number of nitrogens with one attached hydrogen (secondary N) is 1.